The predicted octanol–water partition coefficient (Wildman–Crippen LogP) is 1.47. The second-order valence-corrected chi connectivity index (χ2v) is 4.40. The van der Waals surface area contributed by atoms with Crippen molar-refractivity contribution in [1.29, 1.82) is 0 Å². The molecular weight excluding hydrogens is 214 g/mol. The molecule has 1 aliphatic rings. The Bertz CT molecular complexity index is 469. The standard InChI is InChI=1S/C12H19N5/c1-4-8-6-11(13)14-15-12(8)9-7-17(3)16-10(9)5-2/h7-8H,4-6H2,1-3H3,(H2,13,14). The van der Waals surface area contributed by atoms with Gasteiger partial charge in [0.25, 0.3) is 0 Å². The number of rotatable bonds is 3. The third-order valence-electron chi connectivity index (χ3n) is 3.14. The lowest BCUT2D eigenvalue weighted by Crippen LogP contribution is -2.27. The molecular formula is C12H19N5. The van der Waals surface area contributed by atoms with Crippen molar-refractivity contribution in [2.24, 2.45) is 28.9 Å². The number of amidine groups is 1. The zero-order chi connectivity index (χ0) is 12.4. The van der Waals surface area contributed by atoms with Gasteiger partial charge in [-0.15, -0.1) is 5.10 Å². The average Bonchev–Trinajstić information content (AvgIpc) is 2.70. The van der Waals surface area contributed by atoms with E-state index < -0.39 is 0 Å². The van der Waals surface area contributed by atoms with Crippen molar-refractivity contribution in [3.05, 3.63) is 17.5 Å². The highest BCUT2D eigenvalue weighted by Gasteiger charge is 2.24. The van der Waals surface area contributed by atoms with E-state index in [0.717, 1.165) is 36.2 Å². The highest BCUT2D eigenvalue weighted by molar-refractivity contribution is 6.06. The van der Waals surface area contributed by atoms with Crippen molar-refractivity contribution in [1.82, 2.24) is 9.78 Å². The molecule has 0 aromatic carbocycles. The van der Waals surface area contributed by atoms with Gasteiger partial charge in [0.05, 0.1) is 11.4 Å². The first-order valence-corrected chi connectivity index (χ1v) is 6.08. The average molecular weight is 233 g/mol. The molecule has 0 amide bonds. The van der Waals surface area contributed by atoms with Crippen molar-refractivity contribution < 1.29 is 0 Å². The van der Waals surface area contributed by atoms with Gasteiger partial charge in [0.2, 0.25) is 0 Å². The highest BCUT2D eigenvalue weighted by Crippen LogP contribution is 2.22. The Kier molecular flexibility index (Phi) is 3.26. The summed E-state index contributed by atoms with van der Waals surface area (Å²) in [4.78, 5) is 0. The third-order valence-corrected chi connectivity index (χ3v) is 3.14. The molecule has 1 aromatic heterocycles. The normalized spacial score (nSPS) is 20.1. The van der Waals surface area contributed by atoms with E-state index in [0.29, 0.717) is 11.8 Å². The van der Waals surface area contributed by atoms with Crippen LogP contribution in [0.2, 0.25) is 0 Å². The Balaban J connectivity index is 2.43. The molecule has 1 aromatic rings. The summed E-state index contributed by atoms with van der Waals surface area (Å²) in [7, 11) is 1.94. The van der Waals surface area contributed by atoms with E-state index in [-0.39, 0.29) is 0 Å². The molecule has 1 unspecified atom stereocenters. The van der Waals surface area contributed by atoms with Gasteiger partial charge in [-0.2, -0.15) is 10.2 Å². The zero-order valence-electron chi connectivity index (χ0n) is 10.6. The summed E-state index contributed by atoms with van der Waals surface area (Å²) in [5, 5.41) is 12.7. The molecule has 2 N–H and O–H groups in total. The molecule has 17 heavy (non-hydrogen) atoms. The molecule has 0 aliphatic carbocycles. The summed E-state index contributed by atoms with van der Waals surface area (Å²) >= 11 is 0. The van der Waals surface area contributed by atoms with Crippen LogP contribution in [0, 0.1) is 5.92 Å². The van der Waals surface area contributed by atoms with E-state index in [4.69, 9.17) is 5.73 Å². The van der Waals surface area contributed by atoms with E-state index in [1.54, 1.807) is 0 Å². The van der Waals surface area contributed by atoms with Crippen LogP contribution in [0.3, 0.4) is 0 Å². The topological polar surface area (TPSA) is 68.6 Å². The van der Waals surface area contributed by atoms with E-state index in [2.05, 4.69) is 29.1 Å². The molecule has 0 radical (unpaired) electrons. The molecule has 1 atom stereocenters. The van der Waals surface area contributed by atoms with E-state index >= 15 is 0 Å². The molecule has 5 nitrogen and oxygen atoms in total. The second-order valence-electron chi connectivity index (χ2n) is 4.40. The van der Waals surface area contributed by atoms with Gasteiger partial charge in [-0.25, -0.2) is 0 Å². The van der Waals surface area contributed by atoms with Gasteiger partial charge >= 0.3 is 0 Å². The lowest BCUT2D eigenvalue weighted by Gasteiger charge is -2.19. The summed E-state index contributed by atoms with van der Waals surface area (Å²) in [6, 6.07) is 0. The quantitative estimate of drug-likeness (QED) is 0.859. The van der Waals surface area contributed by atoms with Crippen LogP contribution in [0.1, 0.15) is 37.9 Å². The minimum absolute atomic E-state index is 0.363. The Hall–Kier alpha value is -1.65. The number of hydrogen-bond acceptors (Lipinski definition) is 4. The minimum atomic E-state index is 0.363. The maximum absolute atomic E-state index is 5.74. The van der Waals surface area contributed by atoms with Crippen LogP contribution >= 0.6 is 0 Å². The van der Waals surface area contributed by atoms with Gasteiger partial charge in [0.1, 0.15) is 5.84 Å². The van der Waals surface area contributed by atoms with Crippen LogP contribution in [-0.2, 0) is 13.5 Å². The molecule has 0 saturated carbocycles. The predicted molar refractivity (Wildman–Crippen MR) is 69.1 cm³/mol. The Morgan fingerprint density at radius 3 is 2.82 bits per heavy atom. The molecule has 0 fully saturated rings. The largest absolute Gasteiger partial charge is 0.386 e. The summed E-state index contributed by atoms with van der Waals surface area (Å²) in [6.07, 6.45) is 4.75. The fourth-order valence-electron chi connectivity index (χ4n) is 2.21. The minimum Gasteiger partial charge on any atom is -0.386 e. The Morgan fingerprint density at radius 1 is 1.41 bits per heavy atom. The molecule has 92 valence electrons. The monoisotopic (exact) mass is 233 g/mol. The van der Waals surface area contributed by atoms with Crippen molar-refractivity contribution in [3.8, 4) is 0 Å². The molecule has 2 heterocycles. The molecule has 1 aliphatic heterocycles. The SMILES string of the molecule is CCc1nn(C)cc1C1=NN=C(N)CC1CC. The van der Waals surface area contributed by atoms with E-state index in [9.17, 15) is 0 Å². The first-order chi connectivity index (χ1) is 8.15. The zero-order valence-corrected chi connectivity index (χ0v) is 10.6. The van der Waals surface area contributed by atoms with Crippen molar-refractivity contribution >= 4 is 11.5 Å². The number of nitrogens with zero attached hydrogens (tertiary/aromatic N) is 4. The first kappa shape index (κ1) is 11.8. The van der Waals surface area contributed by atoms with Gasteiger partial charge in [-0.05, 0) is 12.8 Å². The number of nitrogens with two attached hydrogens (primary N) is 1. The molecule has 0 spiro atoms. The first-order valence-electron chi connectivity index (χ1n) is 6.08. The van der Waals surface area contributed by atoms with Crippen LogP contribution in [0.15, 0.2) is 16.4 Å². The lowest BCUT2D eigenvalue weighted by molar-refractivity contribution is 0.676. The Labute approximate surface area is 101 Å². The van der Waals surface area contributed by atoms with Gasteiger partial charge in [0, 0.05) is 31.1 Å². The van der Waals surface area contributed by atoms with Crippen LogP contribution in [0.5, 0.6) is 0 Å². The summed E-state index contributed by atoms with van der Waals surface area (Å²) in [5.74, 6) is 0.990. The number of hydrogen-bond donors (Lipinski definition) is 1. The molecule has 2 rings (SSSR count). The highest BCUT2D eigenvalue weighted by atomic mass is 15.3. The van der Waals surface area contributed by atoms with E-state index in [1.165, 1.54) is 0 Å². The van der Waals surface area contributed by atoms with Gasteiger partial charge in [-0.3, -0.25) is 4.68 Å². The van der Waals surface area contributed by atoms with Crippen LogP contribution in [0.4, 0.5) is 0 Å². The lowest BCUT2D eigenvalue weighted by atomic mass is 9.90. The van der Waals surface area contributed by atoms with Crippen LogP contribution in [-0.4, -0.2) is 21.3 Å². The maximum atomic E-state index is 5.74. The van der Waals surface area contributed by atoms with E-state index in [1.807, 2.05) is 17.9 Å². The fourth-order valence-corrected chi connectivity index (χ4v) is 2.21. The van der Waals surface area contributed by atoms with Crippen molar-refractivity contribution in [2.75, 3.05) is 0 Å². The van der Waals surface area contributed by atoms with Crippen molar-refractivity contribution in [3.63, 3.8) is 0 Å². The van der Waals surface area contributed by atoms with Gasteiger partial charge in [-0.1, -0.05) is 13.8 Å². The molecule has 0 saturated heterocycles. The van der Waals surface area contributed by atoms with Crippen LogP contribution < -0.4 is 5.73 Å². The summed E-state index contributed by atoms with van der Waals surface area (Å²) in [6.45, 7) is 4.26. The fraction of sp³-hybridized carbons (Fsp3) is 0.583. The van der Waals surface area contributed by atoms with Gasteiger partial charge in [0.15, 0.2) is 0 Å². The molecule has 5 heteroatoms. The molecule has 0 bridgehead atoms. The summed E-state index contributed by atoms with van der Waals surface area (Å²) < 4.78 is 1.84. The number of aryl methyl sites for hydroxylation is 2. The second kappa shape index (κ2) is 4.69. The number of aromatic nitrogens is 2. The van der Waals surface area contributed by atoms with Gasteiger partial charge < -0.3 is 5.73 Å². The summed E-state index contributed by atoms with van der Waals surface area (Å²) in [5.41, 5.74) is 8.98. The maximum Gasteiger partial charge on any atom is 0.123 e. The Morgan fingerprint density at radius 2 is 2.18 bits per heavy atom. The smallest absolute Gasteiger partial charge is 0.123 e. The van der Waals surface area contributed by atoms with Crippen LogP contribution in [0.25, 0.3) is 0 Å². The van der Waals surface area contributed by atoms with Crippen molar-refractivity contribution in [2.45, 2.75) is 33.1 Å². The third kappa shape index (κ3) is 2.23.